The molecule has 6 atom stereocenters. The summed E-state index contributed by atoms with van der Waals surface area (Å²) in [5, 5.41) is 19.3. The molecule has 1 saturated heterocycles. The minimum absolute atomic E-state index is 0.0603. The van der Waals surface area contributed by atoms with E-state index in [9.17, 15) is 29.1 Å². The van der Waals surface area contributed by atoms with E-state index in [0.717, 1.165) is 49.6 Å². The molecule has 1 aliphatic heterocycles. The van der Waals surface area contributed by atoms with Crippen molar-refractivity contribution in [2.75, 3.05) is 19.7 Å². The van der Waals surface area contributed by atoms with Crippen LogP contribution in [0.3, 0.4) is 0 Å². The number of carbonyl (C=O) groups is 5. The molecule has 2 fully saturated rings. The van der Waals surface area contributed by atoms with Gasteiger partial charge in [0, 0.05) is 36.5 Å². The van der Waals surface area contributed by atoms with Gasteiger partial charge in [-0.2, -0.15) is 0 Å². The highest BCUT2D eigenvalue weighted by Gasteiger charge is 2.40. The maximum atomic E-state index is 14.1. The third kappa shape index (κ3) is 11.8. The lowest BCUT2D eigenvalue weighted by Gasteiger charge is -2.47. The molecule has 0 bridgehead atoms. The Morgan fingerprint density at radius 1 is 0.944 bits per heavy atom. The van der Waals surface area contributed by atoms with Gasteiger partial charge in [0.15, 0.2) is 0 Å². The lowest BCUT2D eigenvalue weighted by molar-refractivity contribution is -0.146. The van der Waals surface area contributed by atoms with Gasteiger partial charge in [0.1, 0.15) is 18.3 Å². The monoisotopic (exact) mass is 742 g/mol. The number of carboxylic acids is 1. The van der Waals surface area contributed by atoms with E-state index in [1.54, 1.807) is 24.3 Å². The predicted molar refractivity (Wildman–Crippen MR) is 204 cm³/mol. The molecule has 0 spiro atoms. The standard InChI is InChI=1S/C41H54N6O7/c1-41(2,3)46-37(49)21-30-20-28-14-7-8-15-29(28)23-47(30)24-35(54-25-38(50)51)33(19-26-11-5-4-6-12-26)44-40(53)34(22-36(42)48)45-39(52)32-18-17-27-13-9-10-16-31(27)43-32/h4-6,9-13,16-18,28-30,33-35H,7-8,14-15,19-25H2,1-3H3,(H2,42,48)(H,44,53)(H,45,52)(H,46,49)(H,50,51)/t28-,29+,30?,33-,34-,35+/m0/s1. The molecule has 5 rings (SSSR count). The minimum Gasteiger partial charge on any atom is -0.480 e. The SMILES string of the molecule is CC(C)(C)NC(=O)CC1C[C@@H]2CCCC[C@@H]2CN1C[C@@H](OCC(=O)O)[C@H](Cc1ccccc1)NC(=O)[C@H](CC(N)=O)NC(=O)c1ccc2ccccc2n1. The molecule has 4 amide bonds. The second kappa shape index (κ2) is 18.4. The fourth-order valence-electron chi connectivity index (χ4n) is 7.87. The molecule has 1 aliphatic carbocycles. The van der Waals surface area contributed by atoms with Gasteiger partial charge in [0.05, 0.1) is 24.1 Å². The molecule has 290 valence electrons. The Morgan fingerprint density at radius 3 is 2.35 bits per heavy atom. The first-order valence-electron chi connectivity index (χ1n) is 18.9. The first kappa shape index (κ1) is 40.3. The van der Waals surface area contributed by atoms with Crippen molar-refractivity contribution in [1.82, 2.24) is 25.8 Å². The number of amides is 4. The van der Waals surface area contributed by atoms with Gasteiger partial charge in [-0.25, -0.2) is 9.78 Å². The number of fused-ring (bicyclic) bond motifs is 2. The molecule has 13 heteroatoms. The summed E-state index contributed by atoms with van der Waals surface area (Å²) in [6, 6.07) is 17.7. The van der Waals surface area contributed by atoms with Crippen LogP contribution in [0.2, 0.25) is 0 Å². The van der Waals surface area contributed by atoms with Crippen molar-refractivity contribution in [2.24, 2.45) is 17.6 Å². The van der Waals surface area contributed by atoms with Crippen LogP contribution in [0.15, 0.2) is 66.7 Å². The van der Waals surface area contributed by atoms with Crippen molar-refractivity contribution in [3.8, 4) is 0 Å². The number of para-hydroxylation sites is 1. The zero-order chi connectivity index (χ0) is 38.8. The number of nitrogens with two attached hydrogens (primary N) is 1. The topological polar surface area (TPSA) is 193 Å². The molecule has 2 aromatic carbocycles. The molecular weight excluding hydrogens is 688 g/mol. The average molecular weight is 743 g/mol. The number of hydrogen-bond acceptors (Lipinski definition) is 8. The third-order valence-electron chi connectivity index (χ3n) is 10.3. The molecule has 1 unspecified atom stereocenters. The summed E-state index contributed by atoms with van der Waals surface area (Å²) in [6.07, 6.45) is 4.53. The Morgan fingerprint density at radius 2 is 1.65 bits per heavy atom. The second-order valence-electron chi connectivity index (χ2n) is 15.8. The molecule has 13 nitrogen and oxygen atoms in total. The van der Waals surface area contributed by atoms with Gasteiger partial charge in [-0.15, -0.1) is 0 Å². The number of carbonyl (C=O) groups excluding carboxylic acids is 4. The highest BCUT2D eigenvalue weighted by atomic mass is 16.5. The number of rotatable bonds is 16. The van der Waals surface area contributed by atoms with E-state index in [1.165, 1.54) is 0 Å². The van der Waals surface area contributed by atoms with Crippen LogP contribution < -0.4 is 21.7 Å². The maximum Gasteiger partial charge on any atom is 0.329 e. The van der Waals surface area contributed by atoms with Crippen molar-refractivity contribution in [3.05, 3.63) is 78.0 Å². The highest BCUT2D eigenvalue weighted by molar-refractivity contribution is 5.99. The number of hydrogen-bond donors (Lipinski definition) is 5. The van der Waals surface area contributed by atoms with E-state index in [1.807, 2.05) is 63.2 Å². The number of pyridine rings is 1. The quantitative estimate of drug-likeness (QED) is 0.146. The number of benzene rings is 2. The Labute approximate surface area is 316 Å². The number of nitrogens with one attached hydrogen (secondary N) is 3. The van der Waals surface area contributed by atoms with Crippen molar-refractivity contribution in [3.63, 3.8) is 0 Å². The van der Waals surface area contributed by atoms with E-state index in [2.05, 4.69) is 25.8 Å². The summed E-state index contributed by atoms with van der Waals surface area (Å²) in [6.45, 7) is 6.18. The lowest BCUT2D eigenvalue weighted by atomic mass is 9.72. The summed E-state index contributed by atoms with van der Waals surface area (Å²) in [5.74, 6) is -2.44. The second-order valence-corrected chi connectivity index (χ2v) is 15.8. The van der Waals surface area contributed by atoms with Gasteiger partial charge in [-0.05, 0) is 69.6 Å². The fourth-order valence-corrected chi connectivity index (χ4v) is 7.87. The summed E-state index contributed by atoms with van der Waals surface area (Å²) in [5.41, 5.74) is 6.68. The smallest absolute Gasteiger partial charge is 0.329 e. The molecule has 2 aliphatic rings. The number of nitrogens with zero attached hydrogens (tertiary/aromatic N) is 2. The van der Waals surface area contributed by atoms with Crippen molar-refractivity contribution >= 4 is 40.5 Å². The Bertz CT molecular complexity index is 1780. The van der Waals surface area contributed by atoms with Gasteiger partial charge < -0.3 is 31.5 Å². The van der Waals surface area contributed by atoms with E-state index in [4.69, 9.17) is 10.5 Å². The van der Waals surface area contributed by atoms with Crippen LogP contribution >= 0.6 is 0 Å². The Kier molecular flexibility index (Phi) is 13.8. The number of carboxylic acid groups (broad SMARTS) is 1. The zero-order valence-corrected chi connectivity index (χ0v) is 31.5. The summed E-state index contributed by atoms with van der Waals surface area (Å²) < 4.78 is 6.12. The normalized spacial score (nSPS) is 20.5. The number of aromatic nitrogens is 1. The number of piperidine rings is 1. The number of likely N-dealkylation sites (tertiary alicyclic amines) is 1. The van der Waals surface area contributed by atoms with Crippen LogP contribution in [0.4, 0.5) is 0 Å². The molecule has 6 N–H and O–H groups in total. The first-order valence-corrected chi connectivity index (χ1v) is 18.9. The van der Waals surface area contributed by atoms with Crippen LogP contribution in [-0.4, -0.2) is 94.1 Å². The molecule has 3 aromatic rings. The average Bonchev–Trinajstić information content (AvgIpc) is 3.12. The predicted octanol–water partition coefficient (Wildman–Crippen LogP) is 3.59. The maximum absolute atomic E-state index is 14.1. The molecule has 1 saturated carbocycles. The number of ether oxygens (including phenoxy) is 1. The summed E-state index contributed by atoms with van der Waals surface area (Å²) in [4.78, 5) is 71.7. The van der Waals surface area contributed by atoms with Gasteiger partial charge in [0.2, 0.25) is 17.7 Å². The third-order valence-corrected chi connectivity index (χ3v) is 10.3. The van der Waals surface area contributed by atoms with E-state index >= 15 is 0 Å². The van der Waals surface area contributed by atoms with E-state index < -0.39 is 60.4 Å². The molecule has 1 aromatic heterocycles. The van der Waals surface area contributed by atoms with Crippen LogP contribution in [0.25, 0.3) is 10.9 Å². The van der Waals surface area contributed by atoms with Gasteiger partial charge in [-0.3, -0.25) is 24.1 Å². The largest absolute Gasteiger partial charge is 0.480 e. The van der Waals surface area contributed by atoms with Crippen molar-refractivity contribution in [2.45, 2.75) is 102 Å². The molecule has 2 heterocycles. The lowest BCUT2D eigenvalue weighted by Crippen LogP contribution is -2.59. The molecule has 54 heavy (non-hydrogen) atoms. The Balaban J connectivity index is 1.42. The van der Waals surface area contributed by atoms with Crippen molar-refractivity contribution < 1.29 is 33.8 Å². The van der Waals surface area contributed by atoms with Crippen LogP contribution in [0.5, 0.6) is 0 Å². The van der Waals surface area contributed by atoms with Crippen LogP contribution in [-0.2, 0) is 30.3 Å². The van der Waals surface area contributed by atoms with Crippen LogP contribution in [0, 0.1) is 11.8 Å². The number of aliphatic carboxylic acids is 1. The zero-order valence-electron chi connectivity index (χ0n) is 31.5. The fraction of sp³-hybridized carbons (Fsp3) is 0.512. The molecule has 0 radical (unpaired) electrons. The summed E-state index contributed by atoms with van der Waals surface area (Å²) in [7, 11) is 0. The van der Waals surface area contributed by atoms with E-state index in [-0.39, 0.29) is 37.0 Å². The number of primary amides is 1. The van der Waals surface area contributed by atoms with E-state index in [0.29, 0.717) is 17.4 Å². The van der Waals surface area contributed by atoms with Crippen LogP contribution in [0.1, 0.15) is 81.8 Å². The first-order chi connectivity index (χ1) is 25.7. The highest BCUT2D eigenvalue weighted by Crippen LogP contribution is 2.39. The van der Waals surface area contributed by atoms with Crippen molar-refractivity contribution in [1.29, 1.82) is 0 Å². The van der Waals surface area contributed by atoms with Gasteiger partial charge >= 0.3 is 5.97 Å². The van der Waals surface area contributed by atoms with Gasteiger partial charge in [-0.1, -0.05) is 73.9 Å². The Hall–Kier alpha value is -4.88. The minimum atomic E-state index is -1.35. The molecular formula is C41H54N6O7. The van der Waals surface area contributed by atoms with Gasteiger partial charge in [0.25, 0.3) is 5.91 Å². The summed E-state index contributed by atoms with van der Waals surface area (Å²) >= 11 is 0.